The third kappa shape index (κ3) is 1.72. The SMILES string of the molecule is CCOC(=O)c1ccc2ccccc2c1O. The Morgan fingerprint density at radius 1 is 1.25 bits per heavy atom. The molecule has 0 atom stereocenters. The summed E-state index contributed by atoms with van der Waals surface area (Å²) in [6.45, 7) is 2.03. The standard InChI is InChI=1S/C13H12O3/c1-2-16-13(15)11-8-7-9-5-3-4-6-10(9)12(11)14/h3-8,14H,2H2,1H3. The highest BCUT2D eigenvalue weighted by Gasteiger charge is 2.13. The number of phenols is 1. The lowest BCUT2D eigenvalue weighted by Gasteiger charge is -2.06. The molecule has 2 aromatic rings. The average Bonchev–Trinajstić information content (AvgIpc) is 2.30. The average molecular weight is 216 g/mol. The summed E-state index contributed by atoms with van der Waals surface area (Å²) in [5.41, 5.74) is 0.209. The second-order valence-corrected chi connectivity index (χ2v) is 3.40. The molecule has 0 saturated heterocycles. The molecule has 0 saturated carbocycles. The van der Waals surface area contributed by atoms with E-state index < -0.39 is 5.97 Å². The van der Waals surface area contributed by atoms with E-state index in [-0.39, 0.29) is 11.3 Å². The molecule has 0 aliphatic heterocycles. The van der Waals surface area contributed by atoms with E-state index in [1.807, 2.05) is 18.2 Å². The Morgan fingerprint density at radius 3 is 2.75 bits per heavy atom. The highest BCUT2D eigenvalue weighted by Crippen LogP contribution is 2.28. The van der Waals surface area contributed by atoms with Gasteiger partial charge in [0.15, 0.2) is 0 Å². The van der Waals surface area contributed by atoms with Crippen LogP contribution in [0.3, 0.4) is 0 Å². The van der Waals surface area contributed by atoms with Crippen LogP contribution in [0.5, 0.6) is 5.75 Å². The number of hydrogen-bond donors (Lipinski definition) is 1. The number of carbonyl (C=O) groups excluding carboxylic acids is 1. The van der Waals surface area contributed by atoms with Gasteiger partial charge >= 0.3 is 5.97 Å². The van der Waals surface area contributed by atoms with Crippen LogP contribution in [0.4, 0.5) is 0 Å². The largest absolute Gasteiger partial charge is 0.506 e. The van der Waals surface area contributed by atoms with Crippen LogP contribution in [0, 0.1) is 0 Å². The minimum absolute atomic E-state index is 0.0171. The maximum Gasteiger partial charge on any atom is 0.341 e. The molecule has 0 amide bonds. The van der Waals surface area contributed by atoms with Crippen LogP contribution in [-0.4, -0.2) is 17.7 Å². The van der Waals surface area contributed by atoms with Crippen molar-refractivity contribution in [3.63, 3.8) is 0 Å². The Morgan fingerprint density at radius 2 is 2.00 bits per heavy atom. The topological polar surface area (TPSA) is 46.5 Å². The maximum atomic E-state index is 11.5. The normalized spacial score (nSPS) is 10.3. The molecule has 0 fully saturated rings. The Balaban J connectivity index is 2.56. The fourth-order valence-corrected chi connectivity index (χ4v) is 1.63. The maximum absolute atomic E-state index is 11.5. The number of aromatic hydroxyl groups is 1. The molecule has 0 unspecified atom stereocenters. The minimum Gasteiger partial charge on any atom is -0.506 e. The van der Waals surface area contributed by atoms with Crippen molar-refractivity contribution in [3.8, 4) is 5.75 Å². The molecule has 0 aliphatic rings. The highest BCUT2D eigenvalue weighted by molar-refractivity contribution is 6.01. The van der Waals surface area contributed by atoms with Crippen LogP contribution in [0.15, 0.2) is 36.4 Å². The van der Waals surface area contributed by atoms with E-state index in [0.29, 0.717) is 12.0 Å². The predicted octanol–water partition coefficient (Wildman–Crippen LogP) is 2.72. The zero-order chi connectivity index (χ0) is 11.5. The van der Waals surface area contributed by atoms with E-state index in [0.717, 1.165) is 5.39 Å². The van der Waals surface area contributed by atoms with E-state index >= 15 is 0 Å². The third-order valence-corrected chi connectivity index (χ3v) is 2.40. The van der Waals surface area contributed by atoms with Crippen LogP contribution in [0.2, 0.25) is 0 Å². The number of benzene rings is 2. The molecule has 1 N–H and O–H groups in total. The monoisotopic (exact) mass is 216 g/mol. The predicted molar refractivity (Wildman–Crippen MR) is 61.6 cm³/mol. The zero-order valence-electron chi connectivity index (χ0n) is 8.93. The van der Waals surface area contributed by atoms with E-state index in [1.54, 1.807) is 25.1 Å². The van der Waals surface area contributed by atoms with E-state index in [2.05, 4.69) is 0 Å². The summed E-state index contributed by atoms with van der Waals surface area (Å²) in [6, 6.07) is 10.7. The summed E-state index contributed by atoms with van der Waals surface area (Å²) in [6.07, 6.45) is 0. The van der Waals surface area contributed by atoms with Gasteiger partial charge in [-0.15, -0.1) is 0 Å². The molecule has 0 radical (unpaired) electrons. The van der Waals surface area contributed by atoms with Crippen molar-refractivity contribution in [3.05, 3.63) is 42.0 Å². The van der Waals surface area contributed by atoms with Crippen LogP contribution < -0.4 is 0 Å². The lowest BCUT2D eigenvalue weighted by molar-refractivity contribution is 0.0523. The summed E-state index contributed by atoms with van der Waals surface area (Å²) >= 11 is 0. The molecule has 0 heterocycles. The first-order chi connectivity index (χ1) is 7.74. The molecular formula is C13H12O3. The first-order valence-corrected chi connectivity index (χ1v) is 5.12. The summed E-state index contributed by atoms with van der Waals surface area (Å²) < 4.78 is 4.86. The van der Waals surface area contributed by atoms with Gasteiger partial charge in [0.2, 0.25) is 0 Å². The van der Waals surface area contributed by atoms with Crippen molar-refractivity contribution < 1.29 is 14.6 Å². The number of esters is 1. The third-order valence-electron chi connectivity index (χ3n) is 2.40. The minimum atomic E-state index is -0.495. The molecule has 82 valence electrons. The highest BCUT2D eigenvalue weighted by atomic mass is 16.5. The number of fused-ring (bicyclic) bond motifs is 1. The summed E-state index contributed by atoms with van der Waals surface area (Å²) in [4.78, 5) is 11.5. The molecule has 0 bridgehead atoms. The van der Waals surface area contributed by atoms with Gasteiger partial charge in [0.1, 0.15) is 11.3 Å². The van der Waals surface area contributed by atoms with Gasteiger partial charge in [-0.25, -0.2) is 4.79 Å². The Hall–Kier alpha value is -2.03. The van der Waals surface area contributed by atoms with Gasteiger partial charge in [-0.2, -0.15) is 0 Å². The second-order valence-electron chi connectivity index (χ2n) is 3.40. The molecule has 0 aliphatic carbocycles. The number of ether oxygens (including phenoxy) is 1. The molecule has 2 rings (SSSR count). The molecule has 16 heavy (non-hydrogen) atoms. The fraction of sp³-hybridized carbons (Fsp3) is 0.154. The number of rotatable bonds is 2. The zero-order valence-corrected chi connectivity index (χ0v) is 8.93. The van der Waals surface area contributed by atoms with E-state index in [4.69, 9.17) is 4.74 Å². The molecule has 0 aromatic heterocycles. The van der Waals surface area contributed by atoms with Gasteiger partial charge in [0, 0.05) is 5.39 Å². The molecule has 3 nitrogen and oxygen atoms in total. The van der Waals surface area contributed by atoms with Crippen molar-refractivity contribution in [1.82, 2.24) is 0 Å². The number of carbonyl (C=O) groups is 1. The van der Waals surface area contributed by atoms with Crippen LogP contribution in [0.1, 0.15) is 17.3 Å². The van der Waals surface area contributed by atoms with Gasteiger partial charge in [0.05, 0.1) is 6.61 Å². The van der Waals surface area contributed by atoms with E-state index in [9.17, 15) is 9.90 Å². The molecular weight excluding hydrogens is 204 g/mol. The Kier molecular flexibility index (Phi) is 2.77. The molecule has 3 heteroatoms. The fourth-order valence-electron chi connectivity index (χ4n) is 1.63. The lowest BCUT2D eigenvalue weighted by Crippen LogP contribution is -2.04. The first-order valence-electron chi connectivity index (χ1n) is 5.12. The van der Waals surface area contributed by atoms with Crippen molar-refractivity contribution in [2.45, 2.75) is 6.92 Å². The number of hydrogen-bond acceptors (Lipinski definition) is 3. The van der Waals surface area contributed by atoms with Crippen LogP contribution in [0.25, 0.3) is 10.8 Å². The van der Waals surface area contributed by atoms with Gasteiger partial charge in [-0.3, -0.25) is 0 Å². The van der Waals surface area contributed by atoms with Crippen molar-refractivity contribution >= 4 is 16.7 Å². The van der Waals surface area contributed by atoms with Crippen molar-refractivity contribution in [2.24, 2.45) is 0 Å². The van der Waals surface area contributed by atoms with Crippen molar-refractivity contribution in [1.29, 1.82) is 0 Å². The summed E-state index contributed by atoms with van der Waals surface area (Å²) in [7, 11) is 0. The van der Waals surface area contributed by atoms with Gasteiger partial charge in [0.25, 0.3) is 0 Å². The smallest absolute Gasteiger partial charge is 0.341 e. The Bertz CT molecular complexity index is 532. The van der Waals surface area contributed by atoms with Crippen LogP contribution >= 0.6 is 0 Å². The van der Waals surface area contributed by atoms with Crippen molar-refractivity contribution in [2.75, 3.05) is 6.61 Å². The van der Waals surface area contributed by atoms with Gasteiger partial charge in [-0.1, -0.05) is 30.3 Å². The van der Waals surface area contributed by atoms with Gasteiger partial charge < -0.3 is 9.84 Å². The quantitative estimate of drug-likeness (QED) is 0.785. The molecule has 2 aromatic carbocycles. The van der Waals surface area contributed by atoms with Crippen LogP contribution in [-0.2, 0) is 4.74 Å². The number of phenolic OH excluding ortho intramolecular Hbond substituents is 1. The first kappa shape index (κ1) is 10.5. The summed E-state index contributed by atoms with van der Waals surface area (Å²) in [5, 5.41) is 11.5. The molecule has 0 spiro atoms. The second kappa shape index (κ2) is 4.23. The van der Waals surface area contributed by atoms with Gasteiger partial charge in [-0.05, 0) is 18.4 Å². The summed E-state index contributed by atoms with van der Waals surface area (Å²) in [5.74, 6) is -0.512. The lowest BCUT2D eigenvalue weighted by atomic mass is 10.1. The van der Waals surface area contributed by atoms with E-state index in [1.165, 1.54) is 0 Å². The Labute approximate surface area is 93.3 Å².